The molecule has 4 unspecified atom stereocenters. The van der Waals surface area contributed by atoms with E-state index in [-0.39, 0.29) is 11.3 Å². The second-order valence-electron chi connectivity index (χ2n) is 4.30. The maximum absolute atomic E-state index is 6.03. The first-order valence-electron chi connectivity index (χ1n) is 5.18. The van der Waals surface area contributed by atoms with E-state index in [1.54, 1.807) is 0 Å². The van der Waals surface area contributed by atoms with Gasteiger partial charge in [-0.2, -0.15) is 12.6 Å². The van der Waals surface area contributed by atoms with Gasteiger partial charge in [-0.05, 0) is 25.2 Å². The van der Waals surface area contributed by atoms with Gasteiger partial charge in [-0.25, -0.2) is 0 Å². The number of hydrogen-bond acceptors (Lipinski definition) is 2. The molecule has 76 valence electrons. The second kappa shape index (κ2) is 4.52. The van der Waals surface area contributed by atoms with Crippen LogP contribution in [0.4, 0.5) is 0 Å². The molecule has 0 radical (unpaired) electrons. The van der Waals surface area contributed by atoms with Crippen molar-refractivity contribution < 1.29 is 0 Å². The van der Waals surface area contributed by atoms with E-state index >= 15 is 0 Å². The minimum absolute atomic E-state index is 0.243. The summed E-state index contributed by atoms with van der Waals surface area (Å²) in [6.45, 7) is 6.69. The van der Waals surface area contributed by atoms with E-state index in [0.717, 1.165) is 12.3 Å². The Morgan fingerprint density at radius 2 is 2.31 bits per heavy atom. The van der Waals surface area contributed by atoms with Gasteiger partial charge in [0.2, 0.25) is 0 Å². The Hall–Kier alpha value is 0.0500. The Bertz CT molecular complexity index is 200. The lowest BCUT2D eigenvalue weighted by Crippen LogP contribution is -2.38. The molecule has 0 heterocycles. The summed E-state index contributed by atoms with van der Waals surface area (Å²) in [4.78, 5) is 0. The van der Waals surface area contributed by atoms with Crippen LogP contribution < -0.4 is 5.73 Å². The zero-order chi connectivity index (χ0) is 10.0. The number of allylic oxidation sites excluding steroid dienone is 1. The molecule has 0 bridgehead atoms. The molecular weight excluding hydrogens is 178 g/mol. The maximum atomic E-state index is 6.03. The van der Waals surface area contributed by atoms with Crippen molar-refractivity contribution in [2.75, 3.05) is 0 Å². The van der Waals surface area contributed by atoms with E-state index in [4.69, 9.17) is 5.73 Å². The van der Waals surface area contributed by atoms with Crippen LogP contribution >= 0.6 is 12.6 Å². The molecule has 0 saturated heterocycles. The highest BCUT2D eigenvalue weighted by molar-refractivity contribution is 7.81. The molecule has 0 spiro atoms. The first kappa shape index (κ1) is 11.1. The number of hydrogen-bond donors (Lipinski definition) is 2. The van der Waals surface area contributed by atoms with Crippen molar-refractivity contribution in [1.29, 1.82) is 0 Å². The fourth-order valence-corrected chi connectivity index (χ4v) is 2.19. The second-order valence-corrected chi connectivity index (χ2v) is 4.86. The van der Waals surface area contributed by atoms with Crippen LogP contribution in [0.3, 0.4) is 0 Å². The summed E-state index contributed by atoms with van der Waals surface area (Å²) in [6, 6.07) is 0.243. The third kappa shape index (κ3) is 2.50. The van der Waals surface area contributed by atoms with Gasteiger partial charge in [-0.3, -0.25) is 0 Å². The Morgan fingerprint density at radius 3 is 2.77 bits per heavy atom. The Labute approximate surface area is 87.2 Å². The highest BCUT2D eigenvalue weighted by Gasteiger charge is 2.27. The smallest absolute Gasteiger partial charge is 0.0375 e. The van der Waals surface area contributed by atoms with Crippen LogP contribution in [-0.4, -0.2) is 11.3 Å². The van der Waals surface area contributed by atoms with Gasteiger partial charge in [-0.15, -0.1) is 0 Å². The molecule has 4 atom stereocenters. The summed E-state index contributed by atoms with van der Waals surface area (Å²) >= 11 is 4.50. The third-order valence-electron chi connectivity index (χ3n) is 3.27. The molecule has 13 heavy (non-hydrogen) atoms. The molecule has 2 heteroatoms. The van der Waals surface area contributed by atoms with Crippen molar-refractivity contribution in [2.24, 2.45) is 17.6 Å². The quantitative estimate of drug-likeness (QED) is 0.519. The number of thiol groups is 1. The molecule has 2 N–H and O–H groups in total. The largest absolute Gasteiger partial charge is 0.326 e. The lowest BCUT2D eigenvalue weighted by molar-refractivity contribution is 0.350. The molecule has 0 fully saturated rings. The highest BCUT2D eigenvalue weighted by atomic mass is 32.1. The van der Waals surface area contributed by atoms with Crippen LogP contribution in [-0.2, 0) is 0 Å². The van der Waals surface area contributed by atoms with Crippen molar-refractivity contribution in [3.63, 3.8) is 0 Å². The Kier molecular flexibility index (Phi) is 3.87. The predicted octanol–water partition coefficient (Wildman–Crippen LogP) is 2.62. The summed E-state index contributed by atoms with van der Waals surface area (Å²) in [6.07, 6.45) is 4.70. The summed E-state index contributed by atoms with van der Waals surface area (Å²) in [5.74, 6) is 1.42. The topological polar surface area (TPSA) is 26.0 Å². The minimum atomic E-state index is 0.243. The average Bonchev–Trinajstić information content (AvgIpc) is 2.12. The van der Waals surface area contributed by atoms with Crippen molar-refractivity contribution in [1.82, 2.24) is 0 Å². The SMILES string of the molecule is CCC(C)C1C=C(C)C(S)C(N)C1. The van der Waals surface area contributed by atoms with E-state index in [9.17, 15) is 0 Å². The van der Waals surface area contributed by atoms with Crippen LogP contribution in [0.15, 0.2) is 11.6 Å². The van der Waals surface area contributed by atoms with Gasteiger partial charge in [0.1, 0.15) is 0 Å². The molecule has 0 aromatic carbocycles. The molecule has 0 aliphatic heterocycles. The van der Waals surface area contributed by atoms with E-state index in [0.29, 0.717) is 5.92 Å². The zero-order valence-electron chi connectivity index (χ0n) is 8.83. The molecular formula is C11H21NS. The average molecular weight is 199 g/mol. The lowest BCUT2D eigenvalue weighted by atomic mass is 9.79. The van der Waals surface area contributed by atoms with Gasteiger partial charge < -0.3 is 5.73 Å². The minimum Gasteiger partial charge on any atom is -0.326 e. The summed E-state index contributed by atoms with van der Waals surface area (Å²) in [5.41, 5.74) is 7.39. The number of rotatable bonds is 2. The van der Waals surface area contributed by atoms with E-state index in [1.165, 1.54) is 12.0 Å². The van der Waals surface area contributed by atoms with E-state index in [2.05, 4.69) is 39.5 Å². The zero-order valence-corrected chi connectivity index (χ0v) is 9.72. The van der Waals surface area contributed by atoms with Crippen LogP contribution in [0.2, 0.25) is 0 Å². The Balaban J connectivity index is 2.71. The highest BCUT2D eigenvalue weighted by Crippen LogP contribution is 2.31. The maximum Gasteiger partial charge on any atom is 0.0375 e. The molecule has 0 aromatic heterocycles. The molecule has 0 saturated carbocycles. The van der Waals surface area contributed by atoms with Gasteiger partial charge in [-0.1, -0.05) is 31.9 Å². The fourth-order valence-electron chi connectivity index (χ4n) is 1.98. The van der Waals surface area contributed by atoms with Crippen molar-refractivity contribution in [3.8, 4) is 0 Å². The molecule has 1 nitrogen and oxygen atoms in total. The molecule has 1 aliphatic carbocycles. The van der Waals surface area contributed by atoms with Gasteiger partial charge in [0.25, 0.3) is 0 Å². The van der Waals surface area contributed by atoms with Crippen LogP contribution in [0.1, 0.15) is 33.6 Å². The summed E-state index contributed by atoms with van der Waals surface area (Å²) in [5, 5.41) is 0.278. The van der Waals surface area contributed by atoms with Crippen LogP contribution in [0.25, 0.3) is 0 Å². The van der Waals surface area contributed by atoms with Crippen molar-refractivity contribution >= 4 is 12.6 Å². The van der Waals surface area contributed by atoms with Gasteiger partial charge >= 0.3 is 0 Å². The van der Waals surface area contributed by atoms with Crippen molar-refractivity contribution in [2.45, 2.75) is 44.9 Å². The predicted molar refractivity (Wildman–Crippen MR) is 62.1 cm³/mol. The van der Waals surface area contributed by atoms with Crippen molar-refractivity contribution in [3.05, 3.63) is 11.6 Å². The molecule has 0 amide bonds. The normalized spacial score (nSPS) is 37.0. The first-order chi connectivity index (χ1) is 6.06. The Morgan fingerprint density at radius 1 is 1.69 bits per heavy atom. The molecule has 1 rings (SSSR count). The monoisotopic (exact) mass is 199 g/mol. The first-order valence-corrected chi connectivity index (χ1v) is 5.69. The summed E-state index contributed by atoms with van der Waals surface area (Å²) in [7, 11) is 0. The van der Waals surface area contributed by atoms with E-state index in [1.807, 2.05) is 0 Å². The number of nitrogens with two attached hydrogens (primary N) is 1. The van der Waals surface area contributed by atoms with Crippen LogP contribution in [0.5, 0.6) is 0 Å². The van der Waals surface area contributed by atoms with E-state index < -0.39 is 0 Å². The standard InChI is InChI=1S/C11H21NS/c1-4-7(2)9-5-8(3)11(13)10(12)6-9/h5,7,9-11,13H,4,6,12H2,1-3H3. The third-order valence-corrected chi connectivity index (χ3v) is 4.06. The van der Waals surface area contributed by atoms with Gasteiger partial charge in [0.05, 0.1) is 0 Å². The van der Waals surface area contributed by atoms with Gasteiger partial charge in [0.15, 0.2) is 0 Å². The fraction of sp³-hybridized carbons (Fsp3) is 0.818. The molecule has 0 aromatic rings. The summed E-state index contributed by atoms with van der Waals surface area (Å²) < 4.78 is 0. The van der Waals surface area contributed by atoms with Crippen LogP contribution in [0, 0.1) is 11.8 Å². The molecule has 1 aliphatic rings. The van der Waals surface area contributed by atoms with Gasteiger partial charge in [0, 0.05) is 11.3 Å². The lowest BCUT2D eigenvalue weighted by Gasteiger charge is -2.32.